The van der Waals surface area contributed by atoms with Crippen LogP contribution in [0.25, 0.3) is 63.6 Å². The summed E-state index contributed by atoms with van der Waals surface area (Å²) < 4.78 is 2.63. The summed E-state index contributed by atoms with van der Waals surface area (Å²) in [5.74, 6) is 0. The summed E-state index contributed by atoms with van der Waals surface area (Å²) in [6.07, 6.45) is 0. The predicted octanol–water partition coefficient (Wildman–Crippen LogP) is 13.3. The maximum absolute atomic E-state index is 2.49. The largest absolute Gasteiger partial charge is 0.310 e. The lowest BCUT2D eigenvalue weighted by molar-refractivity contribution is 0.660. The quantitative estimate of drug-likeness (QED) is 0.178. The number of anilines is 3. The van der Waals surface area contributed by atoms with E-state index in [9.17, 15) is 0 Å². The Morgan fingerprint density at radius 1 is 0.468 bits per heavy atom. The van der Waals surface area contributed by atoms with E-state index in [0.717, 1.165) is 5.69 Å². The predicted molar refractivity (Wildman–Crippen MR) is 204 cm³/mol. The van der Waals surface area contributed by atoms with Crippen molar-refractivity contribution in [3.05, 3.63) is 163 Å². The Hall–Kier alpha value is -5.44. The highest BCUT2D eigenvalue weighted by Gasteiger charge is 2.37. The van der Waals surface area contributed by atoms with Crippen molar-refractivity contribution in [3.8, 4) is 11.1 Å². The van der Waals surface area contributed by atoms with Gasteiger partial charge in [-0.25, -0.2) is 0 Å². The van der Waals surface area contributed by atoms with Gasteiger partial charge in [0.1, 0.15) is 0 Å². The number of thiophene rings is 1. The van der Waals surface area contributed by atoms with E-state index in [-0.39, 0.29) is 5.41 Å². The number of benzene rings is 8. The van der Waals surface area contributed by atoms with Gasteiger partial charge in [0.25, 0.3) is 0 Å². The zero-order valence-corrected chi connectivity index (χ0v) is 27.1. The number of fused-ring (bicyclic) bond motifs is 11. The molecular formula is C45H31NS. The number of nitrogens with zero attached hydrogens (tertiary/aromatic N) is 1. The zero-order valence-electron chi connectivity index (χ0n) is 26.3. The van der Waals surface area contributed by atoms with Gasteiger partial charge in [-0.05, 0) is 85.4 Å². The summed E-state index contributed by atoms with van der Waals surface area (Å²) >= 11 is 1.88. The maximum atomic E-state index is 2.49. The van der Waals surface area contributed by atoms with Crippen molar-refractivity contribution in [2.24, 2.45) is 0 Å². The molecule has 0 saturated carbocycles. The van der Waals surface area contributed by atoms with E-state index in [0.29, 0.717) is 0 Å². The molecule has 47 heavy (non-hydrogen) atoms. The molecule has 10 rings (SSSR count). The Kier molecular flexibility index (Phi) is 5.57. The molecule has 0 radical (unpaired) electrons. The van der Waals surface area contributed by atoms with Gasteiger partial charge in [0.15, 0.2) is 0 Å². The van der Waals surface area contributed by atoms with Crippen molar-refractivity contribution in [2.75, 3.05) is 4.90 Å². The Morgan fingerprint density at radius 3 is 2.00 bits per heavy atom. The first kappa shape index (κ1) is 26.7. The molecule has 8 aromatic carbocycles. The van der Waals surface area contributed by atoms with Crippen molar-refractivity contribution in [3.63, 3.8) is 0 Å². The molecule has 0 spiro atoms. The minimum absolute atomic E-state index is 0.0770. The van der Waals surface area contributed by atoms with Crippen LogP contribution in [-0.4, -0.2) is 0 Å². The third-order valence-corrected chi connectivity index (χ3v) is 11.5. The van der Waals surface area contributed by atoms with Crippen LogP contribution >= 0.6 is 11.3 Å². The summed E-state index contributed by atoms with van der Waals surface area (Å²) in [5.41, 5.74) is 8.89. The lowest BCUT2D eigenvalue weighted by Gasteiger charge is -2.29. The lowest BCUT2D eigenvalue weighted by Crippen LogP contribution is -2.16. The van der Waals surface area contributed by atoms with Crippen LogP contribution in [-0.2, 0) is 5.41 Å². The zero-order chi connectivity index (χ0) is 31.3. The molecule has 2 heteroatoms. The van der Waals surface area contributed by atoms with E-state index >= 15 is 0 Å². The minimum Gasteiger partial charge on any atom is -0.310 e. The molecule has 0 atom stereocenters. The average molecular weight is 618 g/mol. The molecule has 0 bridgehead atoms. The molecule has 0 unspecified atom stereocenters. The standard InChI is InChI=1S/C45H31NS/c1-45(2)38-14-7-5-13-37(38)44-39(45)15-9-16-40(44)46(32-23-25-36-35-12-6-8-17-41(35)47-42(36)27-32)31-22-24-34-30(26-31)21-20-29-19-18-28-10-3-4-11-33(28)43(29)34/h3-27H,1-2H3. The van der Waals surface area contributed by atoms with Gasteiger partial charge in [0.05, 0.1) is 5.69 Å². The van der Waals surface area contributed by atoms with Crippen molar-refractivity contribution in [1.29, 1.82) is 0 Å². The number of rotatable bonds is 3. The molecule has 1 heterocycles. The summed E-state index contributed by atoms with van der Waals surface area (Å²) in [6.45, 7) is 4.72. The summed E-state index contributed by atoms with van der Waals surface area (Å²) in [5, 5.41) is 10.3. The van der Waals surface area contributed by atoms with Crippen LogP contribution in [0.4, 0.5) is 17.1 Å². The summed E-state index contributed by atoms with van der Waals surface area (Å²) in [6, 6.07) is 56.5. The van der Waals surface area contributed by atoms with Crippen molar-refractivity contribution < 1.29 is 0 Å². The second kappa shape index (κ2) is 9.78. The number of hydrogen-bond donors (Lipinski definition) is 0. The molecule has 0 aliphatic heterocycles. The van der Waals surface area contributed by atoms with E-state index in [2.05, 4.69) is 170 Å². The minimum atomic E-state index is -0.0770. The molecule has 1 aliphatic rings. The topological polar surface area (TPSA) is 3.24 Å². The molecule has 1 aromatic heterocycles. The third kappa shape index (κ3) is 3.83. The average Bonchev–Trinajstić information content (AvgIpc) is 3.60. The molecule has 1 nitrogen and oxygen atoms in total. The van der Waals surface area contributed by atoms with E-state index in [1.807, 2.05) is 11.3 Å². The van der Waals surface area contributed by atoms with E-state index < -0.39 is 0 Å². The molecule has 0 N–H and O–H groups in total. The highest BCUT2D eigenvalue weighted by molar-refractivity contribution is 7.25. The summed E-state index contributed by atoms with van der Waals surface area (Å²) in [7, 11) is 0. The fourth-order valence-corrected chi connectivity index (χ4v) is 9.30. The van der Waals surface area contributed by atoms with Crippen LogP contribution in [0.5, 0.6) is 0 Å². The van der Waals surface area contributed by atoms with Gasteiger partial charge in [0.2, 0.25) is 0 Å². The second-order valence-electron chi connectivity index (χ2n) is 13.3. The first-order valence-electron chi connectivity index (χ1n) is 16.4. The van der Waals surface area contributed by atoms with Crippen LogP contribution in [0, 0.1) is 0 Å². The molecular weight excluding hydrogens is 587 g/mol. The van der Waals surface area contributed by atoms with Crippen LogP contribution < -0.4 is 4.90 Å². The second-order valence-corrected chi connectivity index (χ2v) is 14.4. The van der Waals surface area contributed by atoms with E-state index in [1.165, 1.54) is 86.1 Å². The van der Waals surface area contributed by atoms with E-state index in [4.69, 9.17) is 0 Å². The maximum Gasteiger partial charge on any atom is 0.0543 e. The van der Waals surface area contributed by atoms with Crippen molar-refractivity contribution in [2.45, 2.75) is 19.3 Å². The highest BCUT2D eigenvalue weighted by Crippen LogP contribution is 2.54. The fourth-order valence-electron chi connectivity index (χ4n) is 8.16. The monoisotopic (exact) mass is 617 g/mol. The van der Waals surface area contributed by atoms with Crippen LogP contribution in [0.3, 0.4) is 0 Å². The van der Waals surface area contributed by atoms with Crippen LogP contribution in [0.2, 0.25) is 0 Å². The van der Waals surface area contributed by atoms with Crippen molar-refractivity contribution >= 4 is 80.9 Å². The van der Waals surface area contributed by atoms with Crippen LogP contribution in [0.1, 0.15) is 25.0 Å². The molecule has 222 valence electrons. The van der Waals surface area contributed by atoms with Gasteiger partial charge in [-0.3, -0.25) is 0 Å². The molecule has 9 aromatic rings. The molecule has 0 saturated heterocycles. The molecule has 0 fully saturated rings. The Bertz CT molecular complexity index is 2730. The third-order valence-electron chi connectivity index (χ3n) is 10.4. The molecule has 1 aliphatic carbocycles. The number of hydrogen-bond acceptors (Lipinski definition) is 2. The Morgan fingerprint density at radius 2 is 1.11 bits per heavy atom. The summed E-state index contributed by atoms with van der Waals surface area (Å²) in [4.78, 5) is 2.49. The first-order chi connectivity index (χ1) is 23.1. The van der Waals surface area contributed by atoms with Gasteiger partial charge in [0, 0.05) is 42.5 Å². The van der Waals surface area contributed by atoms with Crippen molar-refractivity contribution in [1.82, 2.24) is 0 Å². The first-order valence-corrected chi connectivity index (χ1v) is 17.2. The Labute approximate surface area is 278 Å². The van der Waals surface area contributed by atoms with E-state index in [1.54, 1.807) is 0 Å². The Balaban J connectivity index is 1.26. The molecule has 0 amide bonds. The smallest absolute Gasteiger partial charge is 0.0543 e. The van der Waals surface area contributed by atoms with Gasteiger partial charge in [-0.2, -0.15) is 0 Å². The lowest BCUT2D eigenvalue weighted by atomic mass is 9.82. The van der Waals surface area contributed by atoms with Gasteiger partial charge in [-0.15, -0.1) is 11.3 Å². The van der Waals surface area contributed by atoms with Crippen LogP contribution in [0.15, 0.2) is 152 Å². The van der Waals surface area contributed by atoms with Gasteiger partial charge < -0.3 is 4.90 Å². The SMILES string of the molecule is CC1(C)c2ccccc2-c2c(N(c3ccc4c(ccc5ccc6ccccc6c54)c3)c3ccc4c(c3)sc3ccccc34)cccc21. The fraction of sp³-hybridized carbons (Fsp3) is 0.0667. The highest BCUT2D eigenvalue weighted by atomic mass is 32.1. The van der Waals surface area contributed by atoms with Gasteiger partial charge in [-0.1, -0.05) is 129 Å². The normalized spacial score (nSPS) is 13.5. The van der Waals surface area contributed by atoms with Gasteiger partial charge >= 0.3 is 0 Å².